The van der Waals surface area contributed by atoms with E-state index in [4.69, 9.17) is 0 Å². The molecule has 0 saturated heterocycles. The molecular weight excluding hydrogens is 404 g/mol. The van der Waals surface area contributed by atoms with Gasteiger partial charge in [-0.2, -0.15) is 0 Å². The standard InChI is InChI=1S/C25H22N4O3/c1-17(30)27-20-10-8-19(9-11-20)22-23(28(2)21-6-4-3-5-7-21)25(32)29(24(22)31)16-18-12-14-26-15-13-18/h3-15H,16H2,1-2H3,(H,27,30). The molecule has 1 aliphatic heterocycles. The third-order valence-corrected chi connectivity index (χ3v) is 5.21. The number of nitrogens with zero attached hydrogens (tertiary/aromatic N) is 3. The maximum atomic E-state index is 13.5. The van der Waals surface area contributed by atoms with Crippen LogP contribution in [0.3, 0.4) is 0 Å². The summed E-state index contributed by atoms with van der Waals surface area (Å²) in [5.41, 5.74) is 3.46. The third-order valence-electron chi connectivity index (χ3n) is 5.21. The lowest BCUT2D eigenvalue weighted by Gasteiger charge is -2.21. The largest absolute Gasteiger partial charge is 0.339 e. The van der Waals surface area contributed by atoms with Gasteiger partial charge in [-0.15, -0.1) is 0 Å². The van der Waals surface area contributed by atoms with Gasteiger partial charge in [0, 0.05) is 37.7 Å². The first-order chi connectivity index (χ1) is 15.5. The maximum absolute atomic E-state index is 13.5. The van der Waals surface area contributed by atoms with Gasteiger partial charge < -0.3 is 10.2 Å². The van der Waals surface area contributed by atoms with Crippen LogP contribution in [0.15, 0.2) is 84.8 Å². The molecule has 32 heavy (non-hydrogen) atoms. The van der Waals surface area contributed by atoms with E-state index in [0.29, 0.717) is 22.5 Å². The van der Waals surface area contributed by atoms with Crippen molar-refractivity contribution >= 4 is 34.7 Å². The molecule has 7 nitrogen and oxygen atoms in total. The Morgan fingerprint density at radius 3 is 2.22 bits per heavy atom. The summed E-state index contributed by atoms with van der Waals surface area (Å²) in [6, 6.07) is 19.9. The van der Waals surface area contributed by atoms with Crippen LogP contribution < -0.4 is 10.2 Å². The molecule has 160 valence electrons. The number of anilines is 2. The average Bonchev–Trinajstić information content (AvgIpc) is 3.05. The summed E-state index contributed by atoms with van der Waals surface area (Å²) in [5, 5.41) is 2.71. The summed E-state index contributed by atoms with van der Waals surface area (Å²) >= 11 is 0. The van der Waals surface area contributed by atoms with Gasteiger partial charge in [0.05, 0.1) is 12.1 Å². The summed E-state index contributed by atoms with van der Waals surface area (Å²) in [7, 11) is 1.78. The second kappa shape index (κ2) is 8.85. The van der Waals surface area contributed by atoms with Crippen molar-refractivity contribution in [3.8, 4) is 0 Å². The highest BCUT2D eigenvalue weighted by molar-refractivity contribution is 6.36. The summed E-state index contributed by atoms with van der Waals surface area (Å²) in [5.74, 6) is -0.909. The van der Waals surface area contributed by atoms with Crippen LogP contribution >= 0.6 is 0 Å². The van der Waals surface area contributed by atoms with Crippen molar-refractivity contribution < 1.29 is 14.4 Å². The first-order valence-corrected chi connectivity index (χ1v) is 10.1. The van der Waals surface area contributed by atoms with Gasteiger partial charge in [-0.1, -0.05) is 30.3 Å². The van der Waals surface area contributed by atoms with E-state index < -0.39 is 0 Å². The lowest BCUT2D eigenvalue weighted by Crippen LogP contribution is -2.33. The highest BCUT2D eigenvalue weighted by atomic mass is 16.2. The number of benzene rings is 2. The Morgan fingerprint density at radius 2 is 1.59 bits per heavy atom. The Morgan fingerprint density at radius 1 is 0.938 bits per heavy atom. The van der Waals surface area contributed by atoms with E-state index in [0.717, 1.165) is 11.3 Å². The molecule has 2 aromatic carbocycles. The number of hydrogen-bond donors (Lipinski definition) is 1. The number of nitrogens with one attached hydrogen (secondary N) is 1. The van der Waals surface area contributed by atoms with Gasteiger partial charge in [0.25, 0.3) is 11.8 Å². The number of amides is 3. The van der Waals surface area contributed by atoms with Crippen LogP contribution in [0.25, 0.3) is 5.57 Å². The van der Waals surface area contributed by atoms with Gasteiger partial charge >= 0.3 is 0 Å². The normalized spacial score (nSPS) is 13.5. The minimum absolute atomic E-state index is 0.153. The second-order valence-electron chi connectivity index (χ2n) is 7.43. The van der Waals surface area contributed by atoms with E-state index in [1.165, 1.54) is 11.8 Å². The Labute approximate surface area is 186 Å². The monoisotopic (exact) mass is 426 g/mol. The predicted octanol–water partition coefficient (Wildman–Crippen LogP) is 3.46. The SMILES string of the molecule is CC(=O)Nc1ccc(C2=C(N(C)c3ccccc3)C(=O)N(Cc3ccncc3)C2=O)cc1. The zero-order chi connectivity index (χ0) is 22.7. The van der Waals surface area contributed by atoms with Gasteiger partial charge in [-0.3, -0.25) is 24.3 Å². The molecule has 0 bridgehead atoms. The van der Waals surface area contributed by atoms with Crippen LogP contribution in [-0.2, 0) is 20.9 Å². The molecule has 4 rings (SSSR count). The number of pyridine rings is 1. The van der Waals surface area contributed by atoms with E-state index in [9.17, 15) is 14.4 Å². The van der Waals surface area contributed by atoms with Gasteiger partial charge in [-0.25, -0.2) is 0 Å². The number of para-hydroxylation sites is 1. The molecule has 1 aromatic heterocycles. The number of imide groups is 1. The fourth-order valence-electron chi connectivity index (χ4n) is 3.65. The van der Waals surface area contributed by atoms with Crippen LogP contribution in [-0.4, -0.2) is 34.7 Å². The maximum Gasteiger partial charge on any atom is 0.278 e. The molecule has 3 aromatic rings. The fourth-order valence-corrected chi connectivity index (χ4v) is 3.65. The Hall–Kier alpha value is -4.26. The average molecular weight is 426 g/mol. The number of rotatable bonds is 6. The number of hydrogen-bond acceptors (Lipinski definition) is 5. The van der Waals surface area contributed by atoms with Crippen LogP contribution in [0.2, 0.25) is 0 Å². The molecule has 0 fully saturated rings. The Bertz CT molecular complexity index is 1190. The van der Waals surface area contributed by atoms with E-state index in [2.05, 4.69) is 10.3 Å². The smallest absolute Gasteiger partial charge is 0.278 e. The number of carbonyl (C=O) groups is 3. The molecule has 1 N–H and O–H groups in total. The van der Waals surface area contributed by atoms with Crippen molar-refractivity contribution in [1.82, 2.24) is 9.88 Å². The highest BCUT2D eigenvalue weighted by Gasteiger charge is 2.41. The first kappa shape index (κ1) is 21.0. The second-order valence-corrected chi connectivity index (χ2v) is 7.43. The lowest BCUT2D eigenvalue weighted by atomic mass is 10.0. The molecule has 0 atom stereocenters. The van der Waals surface area contributed by atoms with E-state index in [-0.39, 0.29) is 24.3 Å². The van der Waals surface area contributed by atoms with Crippen LogP contribution in [0.4, 0.5) is 11.4 Å². The van der Waals surface area contributed by atoms with Gasteiger partial charge in [0.15, 0.2) is 0 Å². The van der Waals surface area contributed by atoms with Crippen molar-refractivity contribution in [2.24, 2.45) is 0 Å². The molecule has 0 aliphatic carbocycles. The number of aromatic nitrogens is 1. The highest BCUT2D eigenvalue weighted by Crippen LogP contribution is 2.34. The predicted molar refractivity (Wildman–Crippen MR) is 122 cm³/mol. The van der Waals surface area contributed by atoms with Gasteiger partial charge in [0.2, 0.25) is 5.91 Å². The topological polar surface area (TPSA) is 82.6 Å². The molecule has 2 heterocycles. The quantitative estimate of drug-likeness (QED) is 0.611. The summed E-state index contributed by atoms with van der Waals surface area (Å²) < 4.78 is 0. The van der Waals surface area contributed by atoms with Gasteiger partial charge in [-0.05, 0) is 47.5 Å². The molecule has 0 spiro atoms. The number of carbonyl (C=O) groups excluding carboxylic acids is 3. The summed E-state index contributed by atoms with van der Waals surface area (Å²) in [6.07, 6.45) is 3.26. The van der Waals surface area contributed by atoms with Crippen molar-refractivity contribution in [1.29, 1.82) is 0 Å². The summed E-state index contributed by atoms with van der Waals surface area (Å²) in [6.45, 7) is 1.58. The molecule has 1 aliphatic rings. The zero-order valence-electron chi connectivity index (χ0n) is 17.8. The lowest BCUT2D eigenvalue weighted by molar-refractivity contribution is -0.137. The van der Waals surface area contributed by atoms with Gasteiger partial charge in [0.1, 0.15) is 5.70 Å². The zero-order valence-corrected chi connectivity index (χ0v) is 17.8. The van der Waals surface area contributed by atoms with Crippen LogP contribution in [0, 0.1) is 0 Å². The summed E-state index contributed by atoms with van der Waals surface area (Å²) in [4.78, 5) is 45.2. The fraction of sp³-hybridized carbons (Fsp3) is 0.120. The Kier molecular flexibility index (Phi) is 5.81. The molecular formula is C25H22N4O3. The van der Waals surface area contributed by atoms with Crippen molar-refractivity contribution in [2.75, 3.05) is 17.3 Å². The first-order valence-electron chi connectivity index (χ1n) is 10.1. The van der Waals surface area contributed by atoms with E-state index in [1.54, 1.807) is 60.7 Å². The van der Waals surface area contributed by atoms with Crippen molar-refractivity contribution in [3.63, 3.8) is 0 Å². The number of likely N-dealkylation sites (N-methyl/N-ethyl adjacent to an activating group) is 1. The van der Waals surface area contributed by atoms with Crippen molar-refractivity contribution in [3.05, 3.63) is 95.9 Å². The van der Waals surface area contributed by atoms with Crippen LogP contribution in [0.5, 0.6) is 0 Å². The minimum Gasteiger partial charge on any atom is -0.339 e. The molecule has 7 heteroatoms. The molecule has 0 unspecified atom stereocenters. The van der Waals surface area contributed by atoms with Crippen LogP contribution in [0.1, 0.15) is 18.1 Å². The Balaban J connectivity index is 1.76. The molecule has 0 saturated carbocycles. The van der Waals surface area contributed by atoms with Crippen molar-refractivity contribution in [2.45, 2.75) is 13.5 Å². The third kappa shape index (κ3) is 4.13. The molecule has 3 amide bonds. The van der Waals surface area contributed by atoms with E-state index in [1.807, 2.05) is 30.3 Å². The minimum atomic E-state index is -0.364. The van der Waals surface area contributed by atoms with E-state index >= 15 is 0 Å². The molecule has 0 radical (unpaired) electrons.